The summed E-state index contributed by atoms with van der Waals surface area (Å²) >= 11 is 0. The fourth-order valence-corrected chi connectivity index (χ4v) is 1.62. The monoisotopic (exact) mass is 218 g/mol. The maximum Gasteiger partial charge on any atom is 0.230 e. The first-order valence-electron chi connectivity index (χ1n) is 5.11. The van der Waals surface area contributed by atoms with Crippen molar-refractivity contribution >= 4 is 5.88 Å². The average molecular weight is 218 g/mol. The van der Waals surface area contributed by atoms with Gasteiger partial charge in [-0.3, -0.25) is 0 Å². The number of nitrogen functional groups attached to an aromatic ring is 1. The molecule has 0 aliphatic heterocycles. The lowest BCUT2D eigenvalue weighted by Crippen LogP contribution is -1.97. The highest BCUT2D eigenvalue weighted by Gasteiger charge is 2.14. The number of hydrogen-bond donors (Lipinski definition) is 1. The second kappa shape index (κ2) is 4.81. The van der Waals surface area contributed by atoms with E-state index in [9.17, 15) is 0 Å². The Bertz CT molecular complexity index is 451. The highest BCUT2D eigenvalue weighted by atomic mass is 16.5. The highest BCUT2D eigenvalue weighted by molar-refractivity contribution is 5.74. The van der Waals surface area contributed by atoms with Crippen molar-refractivity contribution < 1.29 is 9.26 Å². The van der Waals surface area contributed by atoms with Crippen molar-refractivity contribution in [3.63, 3.8) is 0 Å². The molecule has 0 bridgehead atoms. The SMILES string of the molecule is COCCc1noc(N)c1-c1ccccc1. The van der Waals surface area contributed by atoms with Gasteiger partial charge >= 0.3 is 0 Å². The number of rotatable bonds is 4. The van der Waals surface area contributed by atoms with Crippen LogP contribution in [0, 0.1) is 0 Å². The summed E-state index contributed by atoms with van der Waals surface area (Å²) in [4.78, 5) is 0. The van der Waals surface area contributed by atoms with Gasteiger partial charge in [0.1, 0.15) is 0 Å². The Hall–Kier alpha value is -1.81. The lowest BCUT2D eigenvalue weighted by molar-refractivity contribution is 0.200. The van der Waals surface area contributed by atoms with E-state index in [0.29, 0.717) is 18.9 Å². The number of nitrogens with two attached hydrogens (primary N) is 1. The lowest BCUT2D eigenvalue weighted by atomic mass is 10.0. The molecule has 0 unspecified atom stereocenters. The summed E-state index contributed by atoms with van der Waals surface area (Å²) in [6, 6.07) is 9.85. The van der Waals surface area contributed by atoms with Gasteiger partial charge < -0.3 is 15.0 Å². The standard InChI is InChI=1S/C12H14N2O2/c1-15-8-7-10-11(12(13)16-14-10)9-5-3-2-4-6-9/h2-6H,7-8,13H2,1H3. The van der Waals surface area contributed by atoms with Gasteiger partial charge in [-0.1, -0.05) is 35.5 Å². The van der Waals surface area contributed by atoms with Crippen LogP contribution in [0.3, 0.4) is 0 Å². The number of anilines is 1. The lowest BCUT2D eigenvalue weighted by Gasteiger charge is -2.01. The molecule has 2 aromatic rings. The third-order valence-corrected chi connectivity index (χ3v) is 2.39. The molecule has 16 heavy (non-hydrogen) atoms. The van der Waals surface area contributed by atoms with E-state index in [4.69, 9.17) is 15.0 Å². The third kappa shape index (κ3) is 2.06. The zero-order chi connectivity index (χ0) is 11.4. The van der Waals surface area contributed by atoms with Gasteiger partial charge in [-0.25, -0.2) is 0 Å². The molecule has 4 nitrogen and oxygen atoms in total. The van der Waals surface area contributed by atoms with Crippen LogP contribution in [0.25, 0.3) is 11.1 Å². The van der Waals surface area contributed by atoms with E-state index in [2.05, 4.69) is 5.16 Å². The Labute approximate surface area is 94.0 Å². The Balaban J connectivity index is 2.35. The molecule has 0 saturated heterocycles. The molecule has 0 spiro atoms. The molecule has 1 heterocycles. The number of nitrogens with zero attached hydrogens (tertiary/aromatic N) is 1. The topological polar surface area (TPSA) is 61.3 Å². The molecule has 1 aromatic carbocycles. The van der Waals surface area contributed by atoms with Crippen LogP contribution in [0.1, 0.15) is 5.69 Å². The van der Waals surface area contributed by atoms with Gasteiger partial charge in [0, 0.05) is 13.5 Å². The number of methoxy groups -OCH3 is 1. The van der Waals surface area contributed by atoms with Crippen LogP contribution in [0.5, 0.6) is 0 Å². The van der Waals surface area contributed by atoms with Gasteiger partial charge in [-0.15, -0.1) is 0 Å². The van der Waals surface area contributed by atoms with Gasteiger partial charge in [-0.05, 0) is 5.56 Å². The van der Waals surface area contributed by atoms with E-state index in [1.165, 1.54) is 0 Å². The first kappa shape index (κ1) is 10.7. The van der Waals surface area contributed by atoms with Gasteiger partial charge in [0.15, 0.2) is 0 Å². The zero-order valence-corrected chi connectivity index (χ0v) is 9.14. The molecule has 1 aromatic heterocycles. The van der Waals surface area contributed by atoms with Crippen LogP contribution in [-0.4, -0.2) is 18.9 Å². The second-order valence-electron chi connectivity index (χ2n) is 3.48. The van der Waals surface area contributed by atoms with Gasteiger partial charge in [0.05, 0.1) is 17.9 Å². The van der Waals surface area contributed by atoms with Gasteiger partial charge in [-0.2, -0.15) is 0 Å². The van der Waals surface area contributed by atoms with Crippen LogP contribution in [0.2, 0.25) is 0 Å². The fourth-order valence-electron chi connectivity index (χ4n) is 1.62. The molecule has 0 atom stereocenters. The first-order valence-corrected chi connectivity index (χ1v) is 5.11. The summed E-state index contributed by atoms with van der Waals surface area (Å²) < 4.78 is 10.0. The molecule has 0 aliphatic rings. The molecular weight excluding hydrogens is 204 g/mol. The molecule has 4 heteroatoms. The second-order valence-corrected chi connectivity index (χ2v) is 3.48. The van der Waals surface area contributed by atoms with Crippen molar-refractivity contribution in [2.75, 3.05) is 19.5 Å². The predicted molar refractivity (Wildman–Crippen MR) is 61.9 cm³/mol. The Morgan fingerprint density at radius 1 is 1.31 bits per heavy atom. The fraction of sp³-hybridized carbons (Fsp3) is 0.250. The molecule has 2 rings (SSSR count). The van der Waals surface area contributed by atoms with Crippen LogP contribution in [0.4, 0.5) is 5.88 Å². The number of ether oxygens (including phenoxy) is 1. The Kier molecular flexibility index (Phi) is 3.22. The van der Waals surface area contributed by atoms with Crippen molar-refractivity contribution in [2.24, 2.45) is 0 Å². The molecule has 2 N–H and O–H groups in total. The van der Waals surface area contributed by atoms with E-state index in [-0.39, 0.29) is 0 Å². The Morgan fingerprint density at radius 2 is 2.06 bits per heavy atom. The molecule has 0 radical (unpaired) electrons. The molecule has 0 saturated carbocycles. The van der Waals surface area contributed by atoms with E-state index in [1.54, 1.807) is 7.11 Å². The number of hydrogen-bond acceptors (Lipinski definition) is 4. The minimum absolute atomic E-state index is 0.359. The van der Waals surface area contributed by atoms with Gasteiger partial charge in [0.25, 0.3) is 0 Å². The zero-order valence-electron chi connectivity index (χ0n) is 9.14. The largest absolute Gasteiger partial charge is 0.384 e. The maximum absolute atomic E-state index is 5.78. The van der Waals surface area contributed by atoms with Crippen LogP contribution < -0.4 is 5.73 Å². The maximum atomic E-state index is 5.78. The minimum Gasteiger partial charge on any atom is -0.384 e. The van der Waals surface area contributed by atoms with Crippen molar-refractivity contribution in [2.45, 2.75) is 6.42 Å². The normalized spacial score (nSPS) is 10.6. The average Bonchev–Trinajstić information content (AvgIpc) is 2.69. The van der Waals surface area contributed by atoms with Crippen molar-refractivity contribution in [3.8, 4) is 11.1 Å². The first-order chi connectivity index (χ1) is 7.83. The van der Waals surface area contributed by atoms with E-state index >= 15 is 0 Å². The number of benzene rings is 1. The van der Waals surface area contributed by atoms with Crippen molar-refractivity contribution in [1.29, 1.82) is 0 Å². The van der Waals surface area contributed by atoms with Crippen LogP contribution in [-0.2, 0) is 11.2 Å². The summed E-state index contributed by atoms with van der Waals surface area (Å²) in [5.74, 6) is 0.359. The van der Waals surface area contributed by atoms with E-state index in [0.717, 1.165) is 16.8 Å². The summed E-state index contributed by atoms with van der Waals surface area (Å²) in [6.45, 7) is 0.603. The summed E-state index contributed by atoms with van der Waals surface area (Å²) in [7, 11) is 1.66. The van der Waals surface area contributed by atoms with E-state index in [1.807, 2.05) is 30.3 Å². The smallest absolute Gasteiger partial charge is 0.230 e. The molecule has 0 fully saturated rings. The molecule has 0 aliphatic carbocycles. The number of aromatic nitrogens is 1. The van der Waals surface area contributed by atoms with Crippen LogP contribution >= 0.6 is 0 Å². The van der Waals surface area contributed by atoms with Crippen molar-refractivity contribution in [3.05, 3.63) is 36.0 Å². The van der Waals surface area contributed by atoms with Gasteiger partial charge in [0.2, 0.25) is 5.88 Å². The molecular formula is C12H14N2O2. The van der Waals surface area contributed by atoms with Crippen LogP contribution in [0.15, 0.2) is 34.9 Å². The molecule has 84 valence electrons. The predicted octanol–water partition coefficient (Wildman–Crippen LogP) is 2.11. The quantitative estimate of drug-likeness (QED) is 0.853. The summed E-state index contributed by atoms with van der Waals surface area (Å²) in [5.41, 5.74) is 8.51. The highest BCUT2D eigenvalue weighted by Crippen LogP contribution is 2.29. The summed E-state index contributed by atoms with van der Waals surface area (Å²) in [5, 5.41) is 3.95. The summed E-state index contributed by atoms with van der Waals surface area (Å²) in [6.07, 6.45) is 0.696. The minimum atomic E-state index is 0.359. The van der Waals surface area contributed by atoms with Crippen molar-refractivity contribution in [1.82, 2.24) is 5.16 Å². The molecule has 0 amide bonds. The Morgan fingerprint density at radius 3 is 2.75 bits per heavy atom. The van der Waals surface area contributed by atoms with E-state index < -0.39 is 0 Å². The third-order valence-electron chi connectivity index (χ3n) is 2.39.